The zero-order chi connectivity index (χ0) is 11.7. The van der Waals surface area contributed by atoms with E-state index in [0.29, 0.717) is 6.61 Å². The van der Waals surface area contributed by atoms with Gasteiger partial charge in [-0.3, -0.25) is 0 Å². The molecule has 1 radical (unpaired) electrons. The SMILES string of the molecule is CCCCCO.[CH2-]C.[CH2-]CCCCC.[Cu+2]. The van der Waals surface area contributed by atoms with Gasteiger partial charge in [-0.15, -0.1) is 0 Å². The van der Waals surface area contributed by atoms with Crippen LogP contribution in [0.4, 0.5) is 0 Å². The van der Waals surface area contributed by atoms with Crippen LogP contribution in [0.5, 0.6) is 0 Å². The summed E-state index contributed by atoms with van der Waals surface area (Å²) in [5.74, 6) is 0. The normalized spacial score (nSPS) is 7.60. The van der Waals surface area contributed by atoms with Gasteiger partial charge in [-0.25, -0.2) is 0 Å². The summed E-state index contributed by atoms with van der Waals surface area (Å²) in [6, 6.07) is 0. The Labute approximate surface area is 109 Å². The van der Waals surface area contributed by atoms with E-state index in [1.54, 1.807) is 6.92 Å². The van der Waals surface area contributed by atoms with Gasteiger partial charge in [0, 0.05) is 6.61 Å². The van der Waals surface area contributed by atoms with Crippen molar-refractivity contribution in [1.82, 2.24) is 0 Å². The van der Waals surface area contributed by atoms with Crippen LogP contribution in [-0.4, -0.2) is 11.7 Å². The van der Waals surface area contributed by atoms with E-state index >= 15 is 0 Å². The van der Waals surface area contributed by atoms with Crippen LogP contribution in [0.1, 0.15) is 65.7 Å². The molecule has 0 amide bonds. The molecule has 0 bridgehead atoms. The second-order valence-corrected chi connectivity index (χ2v) is 2.99. The van der Waals surface area contributed by atoms with E-state index in [1.807, 2.05) is 0 Å². The molecule has 0 aromatic rings. The Hall–Kier alpha value is 0.479. The molecule has 0 heterocycles. The van der Waals surface area contributed by atoms with Crippen LogP contribution in [-0.2, 0) is 17.1 Å². The topological polar surface area (TPSA) is 20.2 Å². The fourth-order valence-corrected chi connectivity index (χ4v) is 0.789. The maximum atomic E-state index is 8.20. The van der Waals surface area contributed by atoms with E-state index in [9.17, 15) is 0 Å². The van der Waals surface area contributed by atoms with E-state index in [-0.39, 0.29) is 17.1 Å². The Morgan fingerprint density at radius 1 is 0.867 bits per heavy atom. The molecule has 15 heavy (non-hydrogen) atoms. The van der Waals surface area contributed by atoms with Gasteiger partial charge in [-0.1, -0.05) is 46.0 Å². The first kappa shape index (κ1) is 24.6. The predicted molar refractivity (Wildman–Crippen MR) is 67.1 cm³/mol. The van der Waals surface area contributed by atoms with E-state index in [2.05, 4.69) is 27.7 Å². The minimum atomic E-state index is 0. The summed E-state index contributed by atoms with van der Waals surface area (Å²) in [5, 5.41) is 8.20. The van der Waals surface area contributed by atoms with Crippen LogP contribution in [0.25, 0.3) is 0 Å². The van der Waals surface area contributed by atoms with Gasteiger partial charge in [-0.2, -0.15) is 13.3 Å². The molecule has 0 spiro atoms. The molecule has 0 aromatic carbocycles. The van der Waals surface area contributed by atoms with Crippen molar-refractivity contribution >= 4 is 0 Å². The maximum Gasteiger partial charge on any atom is 2.00 e. The monoisotopic (exact) mass is 265 g/mol. The first-order valence-corrected chi connectivity index (χ1v) is 5.94. The molecular formula is C13H30CuO. The van der Waals surface area contributed by atoms with Crippen molar-refractivity contribution in [2.75, 3.05) is 6.61 Å². The van der Waals surface area contributed by atoms with Crippen molar-refractivity contribution in [2.24, 2.45) is 0 Å². The molecule has 0 atom stereocenters. The van der Waals surface area contributed by atoms with Gasteiger partial charge in [0.15, 0.2) is 0 Å². The van der Waals surface area contributed by atoms with Crippen LogP contribution < -0.4 is 0 Å². The Balaban J connectivity index is -0.0000000653. The predicted octanol–water partition coefficient (Wildman–Crippen LogP) is 4.41. The maximum absolute atomic E-state index is 8.20. The Bertz CT molecular complexity index is 42.5. The molecule has 99 valence electrons. The Morgan fingerprint density at radius 2 is 1.27 bits per heavy atom. The third kappa shape index (κ3) is 53.7. The van der Waals surface area contributed by atoms with Crippen molar-refractivity contribution in [3.8, 4) is 0 Å². The van der Waals surface area contributed by atoms with E-state index in [0.717, 1.165) is 19.3 Å². The zero-order valence-electron chi connectivity index (χ0n) is 10.8. The van der Waals surface area contributed by atoms with Crippen molar-refractivity contribution < 1.29 is 22.2 Å². The molecule has 0 saturated heterocycles. The van der Waals surface area contributed by atoms with Gasteiger partial charge in [-0.05, 0) is 6.42 Å². The summed E-state index contributed by atoms with van der Waals surface area (Å²) >= 11 is 0. The Kier molecular flexibility index (Phi) is 60.1. The summed E-state index contributed by atoms with van der Waals surface area (Å²) in [4.78, 5) is 0. The van der Waals surface area contributed by atoms with Crippen LogP contribution in [0.3, 0.4) is 0 Å². The Morgan fingerprint density at radius 3 is 1.40 bits per heavy atom. The molecule has 0 aliphatic carbocycles. The van der Waals surface area contributed by atoms with E-state index in [1.165, 1.54) is 25.7 Å². The molecule has 0 fully saturated rings. The van der Waals surface area contributed by atoms with Crippen molar-refractivity contribution in [3.05, 3.63) is 13.8 Å². The summed E-state index contributed by atoms with van der Waals surface area (Å²) in [6.45, 7) is 13.4. The van der Waals surface area contributed by atoms with Crippen molar-refractivity contribution in [3.63, 3.8) is 0 Å². The largest absolute Gasteiger partial charge is 2.00 e. The van der Waals surface area contributed by atoms with Crippen molar-refractivity contribution in [1.29, 1.82) is 0 Å². The van der Waals surface area contributed by atoms with Gasteiger partial charge in [0.1, 0.15) is 0 Å². The molecule has 0 aliphatic heterocycles. The number of hydrogen-bond donors (Lipinski definition) is 1. The second-order valence-electron chi connectivity index (χ2n) is 2.99. The first-order chi connectivity index (χ1) is 6.83. The molecule has 0 unspecified atom stereocenters. The fourth-order valence-electron chi connectivity index (χ4n) is 0.789. The van der Waals surface area contributed by atoms with Gasteiger partial charge < -0.3 is 19.0 Å². The quantitative estimate of drug-likeness (QED) is 0.429. The summed E-state index contributed by atoms with van der Waals surface area (Å²) < 4.78 is 0. The minimum Gasteiger partial charge on any atom is -0.396 e. The number of unbranched alkanes of at least 4 members (excludes halogenated alkanes) is 5. The van der Waals surface area contributed by atoms with Crippen molar-refractivity contribution in [2.45, 2.75) is 65.7 Å². The summed E-state index contributed by atoms with van der Waals surface area (Å²) in [5.41, 5.74) is 0. The molecule has 1 N–H and O–H groups in total. The second kappa shape index (κ2) is 36.6. The average Bonchev–Trinajstić information content (AvgIpc) is 2.27. The first-order valence-electron chi connectivity index (χ1n) is 5.94. The summed E-state index contributed by atoms with van der Waals surface area (Å²) in [6.07, 6.45) is 8.40. The number of hydrogen-bond acceptors (Lipinski definition) is 1. The van der Waals surface area contributed by atoms with Gasteiger partial charge in [0.25, 0.3) is 0 Å². The van der Waals surface area contributed by atoms with Crippen LogP contribution >= 0.6 is 0 Å². The molecule has 1 nitrogen and oxygen atoms in total. The average molecular weight is 266 g/mol. The van der Waals surface area contributed by atoms with E-state index < -0.39 is 0 Å². The summed E-state index contributed by atoms with van der Waals surface area (Å²) in [7, 11) is 0. The van der Waals surface area contributed by atoms with Crippen LogP contribution in [0.15, 0.2) is 0 Å². The number of aliphatic hydroxyl groups excluding tert-OH is 1. The molecule has 2 heteroatoms. The molecule has 0 aromatic heterocycles. The molecular weight excluding hydrogens is 236 g/mol. The molecule has 0 rings (SSSR count). The molecule has 0 aliphatic rings. The van der Waals surface area contributed by atoms with Gasteiger partial charge >= 0.3 is 17.1 Å². The fraction of sp³-hybridized carbons (Fsp3) is 0.846. The number of rotatable bonds is 6. The zero-order valence-corrected chi connectivity index (χ0v) is 11.8. The third-order valence-corrected chi connectivity index (χ3v) is 1.62. The standard InChI is InChI=1S/C6H13.C5H12O.C2H5.Cu/c1-3-5-6-4-2;1-2-3-4-5-6;1-2;/h1,3-6H2,2H3;6H,2-5H2,1H3;1H2,2H3;/q-1;;-1;+2. The van der Waals surface area contributed by atoms with Gasteiger partial charge in [0.05, 0.1) is 0 Å². The third-order valence-electron chi connectivity index (χ3n) is 1.62. The van der Waals surface area contributed by atoms with Gasteiger partial charge in [0.2, 0.25) is 0 Å². The molecule has 0 saturated carbocycles. The smallest absolute Gasteiger partial charge is 0.396 e. The van der Waals surface area contributed by atoms with E-state index in [4.69, 9.17) is 5.11 Å². The van der Waals surface area contributed by atoms with Crippen LogP contribution in [0, 0.1) is 13.8 Å². The number of aliphatic hydroxyl groups is 1. The minimum absolute atomic E-state index is 0. The van der Waals surface area contributed by atoms with Crippen LogP contribution in [0.2, 0.25) is 0 Å².